The van der Waals surface area contributed by atoms with Crippen molar-refractivity contribution >= 4 is 0 Å². The standard InChI is InChI=1S/C27H36N6/c1-25(31-16-22-10-4-7-13-28-22)19-26(2,32-17-23-11-5-8-14-29-23)21-27(3,20-25)33-18-24-12-6-9-15-30-24/h4-15,31-33H,16-21H2,1-3H3. The first-order valence-electron chi connectivity index (χ1n) is 11.8. The molecule has 33 heavy (non-hydrogen) atoms. The average molecular weight is 445 g/mol. The quantitative estimate of drug-likeness (QED) is 0.463. The smallest absolute Gasteiger partial charge is 0.0541 e. The summed E-state index contributed by atoms with van der Waals surface area (Å²) in [5.41, 5.74) is 3.01. The van der Waals surface area contributed by atoms with Gasteiger partial charge in [0.05, 0.1) is 17.1 Å². The van der Waals surface area contributed by atoms with Gasteiger partial charge in [-0.3, -0.25) is 15.0 Å². The molecule has 6 nitrogen and oxygen atoms in total. The molecule has 1 aliphatic rings. The Morgan fingerprint density at radius 1 is 0.545 bits per heavy atom. The maximum absolute atomic E-state index is 4.51. The van der Waals surface area contributed by atoms with E-state index >= 15 is 0 Å². The summed E-state index contributed by atoms with van der Waals surface area (Å²) in [5, 5.41) is 11.5. The van der Waals surface area contributed by atoms with E-state index in [4.69, 9.17) is 0 Å². The Morgan fingerprint density at radius 2 is 0.848 bits per heavy atom. The van der Waals surface area contributed by atoms with Crippen LogP contribution in [-0.2, 0) is 19.6 Å². The second-order valence-electron chi connectivity index (χ2n) is 10.2. The maximum Gasteiger partial charge on any atom is 0.0541 e. The van der Waals surface area contributed by atoms with Gasteiger partial charge in [-0.25, -0.2) is 0 Å². The molecular weight excluding hydrogens is 408 g/mol. The van der Waals surface area contributed by atoms with Crippen LogP contribution in [-0.4, -0.2) is 31.6 Å². The van der Waals surface area contributed by atoms with E-state index in [0.717, 1.165) is 56.0 Å². The lowest BCUT2D eigenvalue weighted by atomic mass is 9.64. The maximum atomic E-state index is 4.51. The Labute approximate surface area is 197 Å². The van der Waals surface area contributed by atoms with Crippen LogP contribution in [0.25, 0.3) is 0 Å². The molecule has 0 aliphatic heterocycles. The molecule has 3 aromatic rings. The normalized spacial score (nSPS) is 27.4. The summed E-state index contributed by atoms with van der Waals surface area (Å²) in [7, 11) is 0. The molecule has 174 valence electrons. The van der Waals surface area contributed by atoms with Gasteiger partial charge in [0.1, 0.15) is 0 Å². The topological polar surface area (TPSA) is 74.8 Å². The molecule has 3 aromatic heterocycles. The van der Waals surface area contributed by atoms with Crippen molar-refractivity contribution in [3.05, 3.63) is 90.3 Å². The summed E-state index contributed by atoms with van der Waals surface area (Å²) in [4.78, 5) is 13.5. The minimum Gasteiger partial charge on any atom is -0.306 e. The molecule has 0 spiro atoms. The molecule has 1 fully saturated rings. The summed E-state index contributed by atoms with van der Waals surface area (Å²) in [6, 6.07) is 18.3. The number of nitrogens with one attached hydrogen (secondary N) is 3. The minimum absolute atomic E-state index is 0.0620. The fourth-order valence-corrected chi connectivity index (χ4v) is 5.57. The van der Waals surface area contributed by atoms with Crippen molar-refractivity contribution < 1.29 is 0 Å². The van der Waals surface area contributed by atoms with Crippen LogP contribution in [0.2, 0.25) is 0 Å². The van der Waals surface area contributed by atoms with Gasteiger partial charge in [0.25, 0.3) is 0 Å². The Morgan fingerprint density at radius 3 is 1.09 bits per heavy atom. The monoisotopic (exact) mass is 444 g/mol. The fourth-order valence-electron chi connectivity index (χ4n) is 5.57. The van der Waals surface area contributed by atoms with E-state index in [2.05, 4.69) is 69.9 Å². The number of aromatic nitrogens is 3. The summed E-state index contributed by atoms with van der Waals surface area (Å²) >= 11 is 0. The Kier molecular flexibility index (Phi) is 7.17. The third-order valence-corrected chi connectivity index (χ3v) is 6.61. The molecule has 0 radical (unpaired) electrons. The molecule has 0 saturated heterocycles. The molecule has 0 atom stereocenters. The van der Waals surface area contributed by atoms with Crippen molar-refractivity contribution in [2.24, 2.45) is 0 Å². The second-order valence-corrected chi connectivity index (χ2v) is 10.2. The lowest BCUT2D eigenvalue weighted by Gasteiger charge is -2.54. The molecule has 1 saturated carbocycles. The van der Waals surface area contributed by atoms with E-state index in [1.54, 1.807) is 0 Å². The van der Waals surface area contributed by atoms with Gasteiger partial charge in [-0.15, -0.1) is 0 Å². The number of hydrogen-bond acceptors (Lipinski definition) is 6. The van der Waals surface area contributed by atoms with E-state index in [0.29, 0.717) is 0 Å². The van der Waals surface area contributed by atoms with Crippen molar-refractivity contribution in [1.82, 2.24) is 30.9 Å². The molecule has 0 amide bonds. The van der Waals surface area contributed by atoms with Crippen LogP contribution in [0.15, 0.2) is 73.2 Å². The van der Waals surface area contributed by atoms with Crippen LogP contribution in [0.1, 0.15) is 57.1 Å². The lowest BCUT2D eigenvalue weighted by Crippen LogP contribution is -2.66. The summed E-state index contributed by atoms with van der Waals surface area (Å²) in [6.07, 6.45) is 8.62. The third kappa shape index (κ3) is 6.67. The molecule has 6 heteroatoms. The van der Waals surface area contributed by atoms with Gasteiger partial charge in [-0.05, 0) is 76.4 Å². The first-order chi connectivity index (χ1) is 15.9. The Balaban J connectivity index is 1.51. The number of rotatable bonds is 9. The van der Waals surface area contributed by atoms with Crippen LogP contribution in [0.3, 0.4) is 0 Å². The van der Waals surface area contributed by atoms with Gasteiger partial charge in [-0.1, -0.05) is 18.2 Å². The van der Waals surface area contributed by atoms with Crippen LogP contribution in [0.4, 0.5) is 0 Å². The average Bonchev–Trinajstić information content (AvgIpc) is 2.82. The highest BCUT2D eigenvalue weighted by atomic mass is 15.1. The summed E-state index contributed by atoms with van der Waals surface area (Å²) < 4.78 is 0. The highest BCUT2D eigenvalue weighted by Crippen LogP contribution is 2.41. The van der Waals surface area contributed by atoms with Crippen LogP contribution in [0.5, 0.6) is 0 Å². The van der Waals surface area contributed by atoms with E-state index in [1.165, 1.54) is 0 Å². The number of hydrogen-bond donors (Lipinski definition) is 3. The zero-order valence-corrected chi connectivity index (χ0v) is 20.0. The molecule has 0 bridgehead atoms. The first-order valence-corrected chi connectivity index (χ1v) is 11.8. The van der Waals surface area contributed by atoms with Gasteiger partial charge in [-0.2, -0.15) is 0 Å². The van der Waals surface area contributed by atoms with Crippen molar-refractivity contribution in [1.29, 1.82) is 0 Å². The van der Waals surface area contributed by atoms with Crippen molar-refractivity contribution in [3.8, 4) is 0 Å². The van der Waals surface area contributed by atoms with Gasteiger partial charge >= 0.3 is 0 Å². The van der Waals surface area contributed by atoms with Crippen LogP contribution < -0.4 is 16.0 Å². The number of nitrogens with zero attached hydrogens (tertiary/aromatic N) is 3. The van der Waals surface area contributed by atoms with Gasteiger partial charge in [0.15, 0.2) is 0 Å². The molecule has 0 aromatic carbocycles. The molecular formula is C27H36N6. The van der Waals surface area contributed by atoms with Gasteiger partial charge in [0, 0.05) is 54.8 Å². The van der Waals surface area contributed by atoms with E-state index in [1.807, 2.05) is 55.0 Å². The highest BCUT2D eigenvalue weighted by Gasteiger charge is 2.48. The molecule has 4 rings (SSSR count). The predicted molar refractivity (Wildman–Crippen MR) is 132 cm³/mol. The molecule has 3 heterocycles. The Hall–Kier alpha value is -2.67. The Bertz CT molecular complexity index is 855. The lowest BCUT2D eigenvalue weighted by molar-refractivity contribution is 0.0670. The fraction of sp³-hybridized carbons (Fsp3) is 0.444. The van der Waals surface area contributed by atoms with Crippen molar-refractivity contribution in [2.75, 3.05) is 0 Å². The summed E-state index contributed by atoms with van der Waals surface area (Å²) in [5.74, 6) is 0. The zero-order chi connectivity index (χ0) is 23.2. The minimum atomic E-state index is -0.0620. The van der Waals surface area contributed by atoms with E-state index in [-0.39, 0.29) is 16.6 Å². The van der Waals surface area contributed by atoms with E-state index in [9.17, 15) is 0 Å². The molecule has 0 unspecified atom stereocenters. The third-order valence-electron chi connectivity index (χ3n) is 6.61. The van der Waals surface area contributed by atoms with Gasteiger partial charge in [0.2, 0.25) is 0 Å². The van der Waals surface area contributed by atoms with Crippen LogP contribution >= 0.6 is 0 Å². The second kappa shape index (κ2) is 10.1. The van der Waals surface area contributed by atoms with Crippen molar-refractivity contribution in [3.63, 3.8) is 0 Å². The SMILES string of the molecule is CC1(NCc2ccccn2)CC(C)(NCc2ccccn2)CC(C)(NCc2ccccn2)C1. The van der Waals surface area contributed by atoms with Crippen molar-refractivity contribution in [2.45, 2.75) is 76.3 Å². The van der Waals surface area contributed by atoms with E-state index < -0.39 is 0 Å². The zero-order valence-electron chi connectivity index (χ0n) is 20.0. The number of pyridine rings is 3. The molecule has 1 aliphatic carbocycles. The predicted octanol–water partition coefficient (Wildman–Crippen LogP) is 4.00. The highest BCUT2D eigenvalue weighted by molar-refractivity contribution is 5.14. The first kappa shape index (κ1) is 23.5. The van der Waals surface area contributed by atoms with Gasteiger partial charge < -0.3 is 16.0 Å². The molecule has 3 N–H and O–H groups in total. The summed E-state index contributed by atoms with van der Waals surface area (Å²) in [6.45, 7) is 9.29. The largest absolute Gasteiger partial charge is 0.306 e. The van der Waals surface area contributed by atoms with Crippen LogP contribution in [0, 0.1) is 0 Å².